The van der Waals surface area contributed by atoms with Crippen molar-refractivity contribution in [2.75, 3.05) is 11.0 Å². The molecule has 10 heteroatoms. The zero-order chi connectivity index (χ0) is 20.0. The van der Waals surface area contributed by atoms with E-state index in [9.17, 15) is 22.8 Å². The number of esters is 1. The van der Waals surface area contributed by atoms with Crippen LogP contribution in [0.4, 0.5) is 10.5 Å². The van der Waals surface area contributed by atoms with Crippen LogP contribution < -0.4 is 15.4 Å². The average Bonchev–Trinajstić information content (AvgIpc) is 3.06. The molecule has 0 saturated heterocycles. The minimum atomic E-state index is -3.60. The molecule has 0 unspecified atom stereocenters. The van der Waals surface area contributed by atoms with E-state index in [1.807, 2.05) is 0 Å². The highest BCUT2D eigenvalue weighted by Crippen LogP contribution is 2.18. The number of para-hydroxylation sites is 1. The van der Waals surface area contributed by atoms with Gasteiger partial charge >= 0.3 is 12.0 Å². The van der Waals surface area contributed by atoms with Gasteiger partial charge in [0.05, 0.1) is 17.5 Å². The fourth-order valence-electron chi connectivity index (χ4n) is 2.73. The van der Waals surface area contributed by atoms with Crippen molar-refractivity contribution in [2.45, 2.75) is 44.8 Å². The van der Waals surface area contributed by atoms with Gasteiger partial charge in [-0.3, -0.25) is 14.8 Å². The summed E-state index contributed by atoms with van der Waals surface area (Å²) in [6.07, 6.45) is 3.53. The van der Waals surface area contributed by atoms with Crippen molar-refractivity contribution in [3.05, 3.63) is 29.8 Å². The van der Waals surface area contributed by atoms with E-state index in [1.54, 1.807) is 6.07 Å². The molecule has 1 aromatic rings. The molecule has 1 fully saturated rings. The highest BCUT2D eigenvalue weighted by molar-refractivity contribution is 7.92. The van der Waals surface area contributed by atoms with E-state index in [1.165, 1.54) is 25.1 Å². The van der Waals surface area contributed by atoms with Crippen LogP contribution in [0.3, 0.4) is 0 Å². The molecular weight excluding hydrogens is 374 g/mol. The number of hydrogen-bond donors (Lipinski definition) is 3. The maximum Gasteiger partial charge on any atom is 0.341 e. The lowest BCUT2D eigenvalue weighted by Gasteiger charge is -2.16. The highest BCUT2D eigenvalue weighted by atomic mass is 32.2. The molecule has 1 aliphatic carbocycles. The van der Waals surface area contributed by atoms with E-state index >= 15 is 0 Å². The Bertz CT molecular complexity index is 818. The van der Waals surface area contributed by atoms with E-state index in [2.05, 4.69) is 15.4 Å². The summed E-state index contributed by atoms with van der Waals surface area (Å²) in [6.45, 7) is 1.32. The summed E-state index contributed by atoms with van der Waals surface area (Å²) in [5.41, 5.74) is -0.00503. The Hall–Kier alpha value is -2.62. The van der Waals surface area contributed by atoms with Crippen molar-refractivity contribution in [1.29, 1.82) is 0 Å². The first-order chi connectivity index (χ1) is 12.7. The zero-order valence-electron chi connectivity index (χ0n) is 15.2. The molecule has 1 aliphatic rings. The Labute approximate surface area is 157 Å². The molecule has 0 bridgehead atoms. The van der Waals surface area contributed by atoms with Crippen molar-refractivity contribution in [3.8, 4) is 0 Å². The summed E-state index contributed by atoms with van der Waals surface area (Å²) in [5.74, 6) is -1.66. The molecule has 0 spiro atoms. The number of nitrogens with one attached hydrogen (secondary N) is 3. The van der Waals surface area contributed by atoms with E-state index in [0.29, 0.717) is 0 Å². The molecule has 1 saturated carbocycles. The first-order valence-electron chi connectivity index (χ1n) is 8.55. The topological polar surface area (TPSA) is 131 Å². The number of benzene rings is 1. The second kappa shape index (κ2) is 8.85. The van der Waals surface area contributed by atoms with Gasteiger partial charge in [0.15, 0.2) is 6.10 Å². The molecule has 3 N–H and O–H groups in total. The summed E-state index contributed by atoms with van der Waals surface area (Å²) >= 11 is 0. The van der Waals surface area contributed by atoms with Gasteiger partial charge < -0.3 is 10.1 Å². The van der Waals surface area contributed by atoms with Gasteiger partial charge in [-0.05, 0) is 31.9 Å². The molecule has 1 atom stereocenters. The van der Waals surface area contributed by atoms with Crippen LogP contribution in [0, 0.1) is 0 Å². The second-order valence-electron chi connectivity index (χ2n) is 6.41. The van der Waals surface area contributed by atoms with Crippen molar-refractivity contribution in [2.24, 2.45) is 0 Å². The summed E-state index contributed by atoms with van der Waals surface area (Å²) in [6, 6.07) is 5.26. The second-order valence-corrected chi connectivity index (χ2v) is 8.16. The number of carbonyl (C=O) groups is 3. The molecule has 3 amide bonds. The molecule has 27 heavy (non-hydrogen) atoms. The van der Waals surface area contributed by atoms with Crippen LogP contribution in [0.2, 0.25) is 0 Å². The Morgan fingerprint density at radius 1 is 1.15 bits per heavy atom. The largest absolute Gasteiger partial charge is 0.449 e. The Morgan fingerprint density at radius 2 is 1.78 bits per heavy atom. The predicted octanol–water partition coefficient (Wildman–Crippen LogP) is 1.37. The van der Waals surface area contributed by atoms with Gasteiger partial charge in [0.2, 0.25) is 10.0 Å². The molecular formula is C17H23N3O6S. The predicted molar refractivity (Wildman–Crippen MR) is 98.7 cm³/mol. The molecule has 2 rings (SSSR count). The standard InChI is InChI=1S/C17H23N3O6S/c1-11(15(21)19-17(23)18-12-7-3-4-8-12)26-16(22)13-9-5-6-10-14(13)20-27(2,24)25/h5-6,9-12,20H,3-4,7-8H2,1-2H3,(H2,18,19,21,23)/t11-/m0/s1. The van der Waals surface area contributed by atoms with E-state index in [4.69, 9.17) is 4.74 Å². The van der Waals surface area contributed by atoms with E-state index in [0.717, 1.165) is 31.9 Å². The van der Waals surface area contributed by atoms with Crippen molar-refractivity contribution in [1.82, 2.24) is 10.6 Å². The number of rotatable bonds is 6. The third-order valence-corrected chi connectivity index (χ3v) is 4.61. The zero-order valence-corrected chi connectivity index (χ0v) is 16.0. The van der Waals surface area contributed by atoms with Crippen LogP contribution in [0.25, 0.3) is 0 Å². The van der Waals surface area contributed by atoms with Crippen molar-refractivity contribution in [3.63, 3.8) is 0 Å². The third kappa shape index (κ3) is 6.55. The van der Waals surface area contributed by atoms with Crippen molar-refractivity contribution < 1.29 is 27.5 Å². The minimum Gasteiger partial charge on any atom is -0.449 e. The van der Waals surface area contributed by atoms with Crippen LogP contribution in [0.15, 0.2) is 24.3 Å². The summed E-state index contributed by atoms with van der Waals surface area (Å²) in [4.78, 5) is 36.2. The molecule has 1 aromatic carbocycles. The van der Waals surface area contributed by atoms with Crippen LogP contribution in [0.1, 0.15) is 43.0 Å². The Kier molecular flexibility index (Phi) is 6.78. The molecule has 9 nitrogen and oxygen atoms in total. The van der Waals surface area contributed by atoms with Gasteiger partial charge in [0, 0.05) is 6.04 Å². The molecule has 0 aromatic heterocycles. The fraction of sp³-hybridized carbons (Fsp3) is 0.471. The minimum absolute atomic E-state index is 0.0385. The molecule has 0 heterocycles. The lowest BCUT2D eigenvalue weighted by Crippen LogP contribution is -2.47. The number of anilines is 1. The molecule has 148 valence electrons. The van der Waals surface area contributed by atoms with E-state index < -0.39 is 34.0 Å². The first kappa shape index (κ1) is 20.7. The van der Waals surface area contributed by atoms with Gasteiger partial charge in [-0.2, -0.15) is 0 Å². The monoisotopic (exact) mass is 397 g/mol. The SMILES string of the molecule is C[C@H](OC(=O)c1ccccc1NS(C)(=O)=O)C(=O)NC(=O)NC1CCCC1. The van der Waals surface area contributed by atoms with Gasteiger partial charge in [-0.1, -0.05) is 25.0 Å². The first-order valence-corrected chi connectivity index (χ1v) is 10.4. The number of carbonyl (C=O) groups excluding carboxylic acids is 3. The fourth-order valence-corrected chi connectivity index (χ4v) is 3.31. The smallest absolute Gasteiger partial charge is 0.341 e. The van der Waals surface area contributed by atoms with Gasteiger partial charge in [-0.25, -0.2) is 18.0 Å². The van der Waals surface area contributed by atoms with Crippen LogP contribution in [-0.4, -0.2) is 44.7 Å². The lowest BCUT2D eigenvalue weighted by molar-refractivity contribution is -0.127. The number of imide groups is 1. The van der Waals surface area contributed by atoms with Gasteiger partial charge in [-0.15, -0.1) is 0 Å². The van der Waals surface area contributed by atoms with Gasteiger partial charge in [0.1, 0.15) is 0 Å². The number of amides is 3. The van der Waals surface area contributed by atoms with Gasteiger partial charge in [0.25, 0.3) is 5.91 Å². The quantitative estimate of drug-likeness (QED) is 0.622. The number of urea groups is 1. The van der Waals surface area contributed by atoms with E-state index in [-0.39, 0.29) is 17.3 Å². The van der Waals surface area contributed by atoms with Crippen LogP contribution in [-0.2, 0) is 19.6 Å². The number of sulfonamides is 1. The molecule has 0 aliphatic heterocycles. The van der Waals surface area contributed by atoms with Crippen molar-refractivity contribution >= 4 is 33.6 Å². The summed E-state index contributed by atoms with van der Waals surface area (Å²) in [7, 11) is -3.60. The normalized spacial score (nSPS) is 15.6. The van der Waals surface area contributed by atoms with Crippen LogP contribution >= 0.6 is 0 Å². The average molecular weight is 397 g/mol. The third-order valence-electron chi connectivity index (χ3n) is 4.02. The number of hydrogen-bond acceptors (Lipinski definition) is 6. The Balaban J connectivity index is 1.94. The maximum absolute atomic E-state index is 12.3. The summed E-state index contributed by atoms with van der Waals surface area (Å²) < 4.78 is 30.1. The molecule has 0 radical (unpaired) electrons. The van der Waals surface area contributed by atoms with Crippen LogP contribution in [0.5, 0.6) is 0 Å². The lowest BCUT2D eigenvalue weighted by atomic mass is 10.2. The number of ether oxygens (including phenoxy) is 1. The highest BCUT2D eigenvalue weighted by Gasteiger charge is 2.24. The maximum atomic E-state index is 12.3. The summed E-state index contributed by atoms with van der Waals surface area (Å²) in [5, 5.41) is 4.84. The Morgan fingerprint density at radius 3 is 2.41 bits per heavy atom.